The van der Waals surface area contributed by atoms with Crippen molar-refractivity contribution in [3.05, 3.63) is 23.8 Å². The van der Waals surface area contributed by atoms with Crippen LogP contribution in [-0.4, -0.2) is 24.0 Å². The van der Waals surface area contributed by atoms with Crippen LogP contribution in [0.4, 0.5) is 0 Å². The molecular formula is C12H15BrO2S. The van der Waals surface area contributed by atoms with Crippen LogP contribution in [0, 0.1) is 0 Å². The SMILES string of the molecule is CCOc1cccc(C(=O)CCBr)c1SC. The molecule has 88 valence electrons. The molecule has 4 heteroatoms. The lowest BCUT2D eigenvalue weighted by atomic mass is 10.1. The lowest BCUT2D eigenvalue weighted by Gasteiger charge is -2.11. The molecule has 0 aliphatic rings. The van der Waals surface area contributed by atoms with Gasteiger partial charge in [0.2, 0.25) is 0 Å². The zero-order valence-corrected chi connectivity index (χ0v) is 11.9. The van der Waals surface area contributed by atoms with E-state index in [1.165, 1.54) is 0 Å². The molecule has 0 fully saturated rings. The van der Waals surface area contributed by atoms with E-state index >= 15 is 0 Å². The Kier molecular flexibility index (Phi) is 5.91. The van der Waals surface area contributed by atoms with Gasteiger partial charge in [0.1, 0.15) is 5.75 Å². The number of benzene rings is 1. The summed E-state index contributed by atoms with van der Waals surface area (Å²) in [7, 11) is 0. The van der Waals surface area contributed by atoms with Gasteiger partial charge in [-0.05, 0) is 19.2 Å². The van der Waals surface area contributed by atoms with Crippen molar-refractivity contribution in [3.63, 3.8) is 0 Å². The fraction of sp³-hybridized carbons (Fsp3) is 0.417. The molecule has 0 saturated heterocycles. The number of thioether (sulfide) groups is 1. The van der Waals surface area contributed by atoms with E-state index < -0.39 is 0 Å². The van der Waals surface area contributed by atoms with Crippen molar-refractivity contribution in [2.45, 2.75) is 18.2 Å². The number of hydrogen-bond acceptors (Lipinski definition) is 3. The highest BCUT2D eigenvalue weighted by atomic mass is 79.9. The molecule has 0 aromatic heterocycles. The summed E-state index contributed by atoms with van der Waals surface area (Å²) in [4.78, 5) is 12.8. The standard InChI is InChI=1S/C12H15BrO2S/c1-3-15-11-6-4-5-9(12(11)16-2)10(14)7-8-13/h4-6H,3,7-8H2,1-2H3. The Balaban J connectivity index is 3.08. The molecule has 0 saturated carbocycles. The number of halogens is 1. The molecule has 1 aromatic carbocycles. The number of carbonyl (C=O) groups excluding carboxylic acids is 1. The zero-order valence-electron chi connectivity index (χ0n) is 9.46. The van der Waals surface area contributed by atoms with Crippen molar-refractivity contribution in [2.24, 2.45) is 0 Å². The number of Topliss-reactive ketones (excluding diaryl/α,β-unsaturated/α-hetero) is 1. The van der Waals surface area contributed by atoms with E-state index in [1.807, 2.05) is 31.4 Å². The maximum absolute atomic E-state index is 11.9. The van der Waals surface area contributed by atoms with Crippen molar-refractivity contribution in [1.82, 2.24) is 0 Å². The van der Waals surface area contributed by atoms with Gasteiger partial charge in [0.05, 0.1) is 11.5 Å². The first-order valence-electron chi connectivity index (χ1n) is 5.13. The minimum Gasteiger partial charge on any atom is -0.493 e. The number of rotatable bonds is 6. The van der Waals surface area contributed by atoms with Gasteiger partial charge in [-0.1, -0.05) is 28.1 Å². The fourth-order valence-corrected chi connectivity index (χ4v) is 2.53. The summed E-state index contributed by atoms with van der Waals surface area (Å²) in [5.74, 6) is 0.957. The monoisotopic (exact) mass is 302 g/mol. The molecule has 0 bridgehead atoms. The molecule has 0 aliphatic carbocycles. The van der Waals surface area contributed by atoms with Crippen molar-refractivity contribution in [3.8, 4) is 5.75 Å². The topological polar surface area (TPSA) is 26.3 Å². The van der Waals surface area contributed by atoms with Crippen LogP contribution >= 0.6 is 27.7 Å². The number of hydrogen-bond donors (Lipinski definition) is 0. The number of ether oxygens (including phenoxy) is 1. The van der Waals surface area contributed by atoms with Gasteiger partial charge in [-0.2, -0.15) is 0 Å². The van der Waals surface area contributed by atoms with Crippen LogP contribution in [0.5, 0.6) is 5.75 Å². The Morgan fingerprint density at radius 1 is 1.50 bits per heavy atom. The summed E-state index contributed by atoms with van der Waals surface area (Å²) < 4.78 is 5.51. The van der Waals surface area contributed by atoms with Gasteiger partial charge in [0.15, 0.2) is 5.78 Å². The van der Waals surface area contributed by atoms with Gasteiger partial charge in [0.25, 0.3) is 0 Å². The highest BCUT2D eigenvalue weighted by molar-refractivity contribution is 9.09. The van der Waals surface area contributed by atoms with Crippen molar-refractivity contribution < 1.29 is 9.53 Å². The highest BCUT2D eigenvalue weighted by Crippen LogP contribution is 2.32. The van der Waals surface area contributed by atoms with Crippen LogP contribution in [-0.2, 0) is 0 Å². The smallest absolute Gasteiger partial charge is 0.164 e. The lowest BCUT2D eigenvalue weighted by molar-refractivity contribution is 0.0986. The average molecular weight is 303 g/mol. The molecule has 16 heavy (non-hydrogen) atoms. The van der Waals surface area contributed by atoms with E-state index in [1.54, 1.807) is 11.8 Å². The van der Waals surface area contributed by atoms with Crippen LogP contribution < -0.4 is 4.74 Å². The van der Waals surface area contributed by atoms with Crippen LogP contribution in [0.3, 0.4) is 0 Å². The number of carbonyl (C=O) groups is 1. The van der Waals surface area contributed by atoms with Crippen LogP contribution in [0.2, 0.25) is 0 Å². The van der Waals surface area contributed by atoms with E-state index in [0.29, 0.717) is 18.4 Å². The van der Waals surface area contributed by atoms with E-state index in [9.17, 15) is 4.79 Å². The normalized spacial score (nSPS) is 10.2. The van der Waals surface area contributed by atoms with E-state index in [4.69, 9.17) is 4.74 Å². The molecule has 0 radical (unpaired) electrons. The van der Waals surface area contributed by atoms with Crippen LogP contribution in [0.15, 0.2) is 23.1 Å². The zero-order chi connectivity index (χ0) is 12.0. The van der Waals surface area contributed by atoms with Crippen LogP contribution in [0.1, 0.15) is 23.7 Å². The second-order valence-electron chi connectivity index (χ2n) is 3.13. The summed E-state index contributed by atoms with van der Waals surface area (Å²) in [5, 5.41) is 0.693. The second kappa shape index (κ2) is 6.97. The molecule has 0 amide bonds. The number of alkyl halides is 1. The minimum atomic E-state index is 0.155. The predicted molar refractivity (Wildman–Crippen MR) is 72.1 cm³/mol. The third kappa shape index (κ3) is 3.25. The highest BCUT2D eigenvalue weighted by Gasteiger charge is 2.14. The summed E-state index contributed by atoms with van der Waals surface area (Å²) in [5.41, 5.74) is 0.762. The molecule has 0 atom stereocenters. The van der Waals surface area contributed by atoms with E-state index in [2.05, 4.69) is 15.9 Å². The van der Waals surface area contributed by atoms with Crippen molar-refractivity contribution in [2.75, 3.05) is 18.2 Å². The maximum Gasteiger partial charge on any atom is 0.164 e. The molecule has 0 unspecified atom stereocenters. The average Bonchev–Trinajstić information content (AvgIpc) is 2.29. The van der Waals surface area contributed by atoms with E-state index in [-0.39, 0.29) is 5.78 Å². The third-order valence-electron chi connectivity index (χ3n) is 2.10. The largest absolute Gasteiger partial charge is 0.493 e. The van der Waals surface area contributed by atoms with Gasteiger partial charge in [-0.15, -0.1) is 11.8 Å². The molecule has 0 aliphatic heterocycles. The van der Waals surface area contributed by atoms with E-state index in [0.717, 1.165) is 16.2 Å². The van der Waals surface area contributed by atoms with Gasteiger partial charge in [-0.3, -0.25) is 4.79 Å². The summed E-state index contributed by atoms with van der Waals surface area (Å²) in [6.07, 6.45) is 2.48. The van der Waals surface area contributed by atoms with Crippen LogP contribution in [0.25, 0.3) is 0 Å². The number of ketones is 1. The lowest BCUT2D eigenvalue weighted by Crippen LogP contribution is -2.03. The van der Waals surface area contributed by atoms with Gasteiger partial charge in [0, 0.05) is 17.3 Å². The van der Waals surface area contributed by atoms with Crippen molar-refractivity contribution in [1.29, 1.82) is 0 Å². The summed E-state index contributed by atoms with van der Waals surface area (Å²) in [6.45, 7) is 2.56. The molecule has 0 heterocycles. The predicted octanol–water partition coefficient (Wildman–Crippen LogP) is 3.77. The Hall–Kier alpha value is -0.480. The van der Waals surface area contributed by atoms with Gasteiger partial charge in [-0.25, -0.2) is 0 Å². The minimum absolute atomic E-state index is 0.155. The molecule has 1 rings (SSSR count). The molecule has 1 aromatic rings. The van der Waals surface area contributed by atoms with Crippen molar-refractivity contribution >= 4 is 33.5 Å². The summed E-state index contributed by atoms with van der Waals surface area (Å²) in [6, 6.07) is 5.63. The quantitative estimate of drug-likeness (QED) is 0.454. The Morgan fingerprint density at radius 3 is 2.81 bits per heavy atom. The molecule has 0 spiro atoms. The summed E-state index contributed by atoms with van der Waals surface area (Å²) >= 11 is 4.84. The van der Waals surface area contributed by atoms with Gasteiger partial charge >= 0.3 is 0 Å². The molecular weight excluding hydrogens is 288 g/mol. The second-order valence-corrected chi connectivity index (χ2v) is 4.74. The fourth-order valence-electron chi connectivity index (χ4n) is 1.44. The maximum atomic E-state index is 11.9. The Morgan fingerprint density at radius 2 is 2.25 bits per heavy atom. The molecule has 0 N–H and O–H groups in total. The first-order chi connectivity index (χ1) is 7.74. The molecule has 2 nitrogen and oxygen atoms in total. The third-order valence-corrected chi connectivity index (χ3v) is 3.33. The van der Waals surface area contributed by atoms with Gasteiger partial charge < -0.3 is 4.74 Å². The Labute approximate surface area is 109 Å². The Bertz CT molecular complexity index is 366. The first kappa shape index (κ1) is 13.6. The first-order valence-corrected chi connectivity index (χ1v) is 7.48.